The molecule has 0 saturated carbocycles. The second-order valence-electron chi connectivity index (χ2n) is 7.89. The van der Waals surface area contributed by atoms with Crippen molar-refractivity contribution in [1.29, 1.82) is 0 Å². The summed E-state index contributed by atoms with van der Waals surface area (Å²) in [5.41, 5.74) is 0.635. The van der Waals surface area contributed by atoms with Gasteiger partial charge in [-0.3, -0.25) is 4.79 Å². The number of benzene rings is 2. The first-order valence-corrected chi connectivity index (χ1v) is 11.8. The second-order valence-corrected chi connectivity index (χ2v) is 7.89. The average molecular weight is 479 g/mol. The van der Waals surface area contributed by atoms with E-state index in [0.717, 1.165) is 5.56 Å². The zero-order valence-corrected chi connectivity index (χ0v) is 20.3. The Bertz CT molecular complexity index is 1010. The van der Waals surface area contributed by atoms with E-state index < -0.39 is 11.5 Å². The summed E-state index contributed by atoms with van der Waals surface area (Å²) in [5.74, 6) is -0.715. The molecule has 1 heterocycles. The van der Waals surface area contributed by atoms with Crippen LogP contribution in [0.25, 0.3) is 11.0 Å². The summed E-state index contributed by atoms with van der Waals surface area (Å²) in [6, 6.07) is 16.0. The number of carbonyl (C=O) groups is 1. The number of hydrogen-bond acceptors (Lipinski definition) is 5. The van der Waals surface area contributed by atoms with Crippen LogP contribution < -0.4 is 5.63 Å². The molecule has 3 aromatic rings. The number of aliphatic hydroxyl groups excluding tert-OH is 1. The normalized spacial score (nSPS) is 10.7. The molecule has 5 nitrogen and oxygen atoms in total. The van der Waals surface area contributed by atoms with Crippen molar-refractivity contribution < 1.29 is 19.4 Å². The van der Waals surface area contributed by atoms with Crippen molar-refractivity contribution in [2.24, 2.45) is 0 Å². The molecule has 1 aromatic heterocycles. The third kappa shape index (κ3) is 10.6. The molecule has 0 spiro atoms. The molecule has 2 N–H and O–H groups in total. The number of para-hydroxylation sites is 1. The van der Waals surface area contributed by atoms with Gasteiger partial charge < -0.3 is 14.6 Å². The summed E-state index contributed by atoms with van der Waals surface area (Å²) < 4.78 is 5.33. The number of aliphatic hydroxyl groups is 1. The molecule has 1 atom stereocenters. The van der Waals surface area contributed by atoms with Crippen LogP contribution in [0.15, 0.2) is 63.8 Å². The van der Waals surface area contributed by atoms with E-state index in [2.05, 4.69) is 13.8 Å². The number of ketones is 1. The molecule has 3 rings (SSSR count). The molecular weight excluding hydrogens is 439 g/mol. The van der Waals surface area contributed by atoms with Crippen LogP contribution in [-0.4, -0.2) is 52.2 Å². The van der Waals surface area contributed by atoms with Gasteiger partial charge in [0.25, 0.3) is 0 Å². The molecule has 0 saturated heterocycles. The van der Waals surface area contributed by atoms with Gasteiger partial charge in [0, 0.05) is 18.9 Å². The molecule has 0 bridgehead atoms. The SMILES string of the molecule is CC(=O)CC(c1ccccc1)c1c(O)c2ccccc2oc1=O.CCCCCCC.CCO.[NaH]. The Labute approximate surface area is 225 Å². The molecule has 2 aromatic carbocycles. The van der Waals surface area contributed by atoms with E-state index in [9.17, 15) is 14.7 Å². The maximum atomic E-state index is 12.4. The van der Waals surface area contributed by atoms with Crippen LogP contribution in [0.5, 0.6) is 5.75 Å². The number of hydrogen-bond donors (Lipinski definition) is 2. The molecule has 0 amide bonds. The third-order valence-electron chi connectivity index (χ3n) is 5.07. The Morgan fingerprint density at radius 2 is 1.44 bits per heavy atom. The fourth-order valence-electron chi connectivity index (χ4n) is 3.49. The van der Waals surface area contributed by atoms with Gasteiger partial charge in [-0.05, 0) is 31.5 Å². The zero-order valence-electron chi connectivity index (χ0n) is 20.3. The number of Topliss-reactive ketones (excluding diaryl/α,β-unsaturated/α-hetero) is 1. The Balaban J connectivity index is 0.000000845. The number of unbranched alkanes of at least 4 members (excludes halogenated alkanes) is 4. The molecule has 182 valence electrons. The zero-order chi connectivity index (χ0) is 24.6. The minimum absolute atomic E-state index is 0. The predicted octanol–water partition coefficient (Wildman–Crippen LogP) is 5.94. The van der Waals surface area contributed by atoms with Gasteiger partial charge >= 0.3 is 35.2 Å². The van der Waals surface area contributed by atoms with Gasteiger partial charge in [0.05, 0.1) is 10.9 Å². The van der Waals surface area contributed by atoms with Crippen LogP contribution in [0.4, 0.5) is 0 Å². The topological polar surface area (TPSA) is 87.7 Å². The van der Waals surface area contributed by atoms with Crippen molar-refractivity contribution in [1.82, 2.24) is 0 Å². The van der Waals surface area contributed by atoms with E-state index in [1.54, 1.807) is 31.2 Å². The van der Waals surface area contributed by atoms with Gasteiger partial charge in [-0.2, -0.15) is 0 Å². The molecule has 1 unspecified atom stereocenters. The Morgan fingerprint density at radius 1 is 0.912 bits per heavy atom. The van der Waals surface area contributed by atoms with Crippen LogP contribution in [0.1, 0.15) is 83.3 Å². The van der Waals surface area contributed by atoms with E-state index in [1.807, 2.05) is 30.3 Å². The van der Waals surface area contributed by atoms with Crippen molar-refractivity contribution in [3.8, 4) is 5.75 Å². The quantitative estimate of drug-likeness (QED) is 0.238. The summed E-state index contributed by atoms with van der Waals surface area (Å²) in [6.07, 6.45) is 7.13. The standard InChI is InChI=1S/C19H16O4.C7H16.C2H6O.Na.H/c1-12(20)11-15(13-7-3-2-4-8-13)17-18(21)14-9-5-6-10-16(14)23-19(17)22;1-3-5-7-6-4-2;1-2-3;;/h2-10,15,21H,11H2,1H3;3-7H2,1-2H3;3H,2H2,1H3;;. The van der Waals surface area contributed by atoms with Gasteiger partial charge in [0.1, 0.15) is 17.1 Å². The monoisotopic (exact) mass is 478 g/mol. The molecule has 0 aliphatic rings. The molecular formula is C28H39NaO5. The minimum atomic E-state index is -0.615. The number of rotatable bonds is 8. The van der Waals surface area contributed by atoms with E-state index in [-0.39, 0.29) is 59.7 Å². The molecule has 34 heavy (non-hydrogen) atoms. The number of fused-ring (bicyclic) bond motifs is 1. The van der Waals surface area contributed by atoms with Crippen molar-refractivity contribution in [2.45, 2.75) is 72.1 Å². The molecule has 6 heteroatoms. The van der Waals surface area contributed by atoms with E-state index in [1.165, 1.54) is 39.0 Å². The fraction of sp³-hybridized carbons (Fsp3) is 0.429. The van der Waals surface area contributed by atoms with Crippen molar-refractivity contribution in [3.63, 3.8) is 0 Å². The van der Waals surface area contributed by atoms with Crippen molar-refractivity contribution in [2.75, 3.05) is 6.61 Å². The van der Waals surface area contributed by atoms with Gasteiger partial charge in [-0.1, -0.05) is 88.4 Å². The van der Waals surface area contributed by atoms with Crippen molar-refractivity contribution in [3.05, 3.63) is 76.1 Å². The predicted molar refractivity (Wildman–Crippen MR) is 142 cm³/mol. The van der Waals surface area contributed by atoms with Gasteiger partial charge in [-0.25, -0.2) is 4.79 Å². The Morgan fingerprint density at radius 3 is 1.97 bits per heavy atom. The van der Waals surface area contributed by atoms with E-state index in [0.29, 0.717) is 11.0 Å². The van der Waals surface area contributed by atoms with Gasteiger partial charge in [0.2, 0.25) is 0 Å². The summed E-state index contributed by atoms with van der Waals surface area (Å²) in [5, 5.41) is 18.6. The maximum absolute atomic E-state index is 12.4. The molecule has 0 aliphatic carbocycles. The Hall–Kier alpha value is -1.92. The van der Waals surface area contributed by atoms with Crippen LogP contribution >= 0.6 is 0 Å². The van der Waals surface area contributed by atoms with Crippen LogP contribution in [0.3, 0.4) is 0 Å². The first-order chi connectivity index (χ1) is 15.9. The van der Waals surface area contributed by atoms with Gasteiger partial charge in [-0.15, -0.1) is 0 Å². The summed E-state index contributed by atoms with van der Waals surface area (Å²) in [7, 11) is 0. The van der Waals surface area contributed by atoms with Crippen LogP contribution in [0, 0.1) is 0 Å². The average Bonchev–Trinajstić information content (AvgIpc) is 2.80. The summed E-state index contributed by atoms with van der Waals surface area (Å²) >= 11 is 0. The molecule has 0 fully saturated rings. The second kappa shape index (κ2) is 18.4. The van der Waals surface area contributed by atoms with Crippen LogP contribution in [-0.2, 0) is 4.79 Å². The van der Waals surface area contributed by atoms with Crippen LogP contribution in [0.2, 0.25) is 0 Å². The van der Waals surface area contributed by atoms with Crippen molar-refractivity contribution >= 4 is 46.3 Å². The number of aromatic hydroxyl groups is 1. The third-order valence-corrected chi connectivity index (χ3v) is 5.07. The van der Waals surface area contributed by atoms with E-state index >= 15 is 0 Å². The van der Waals surface area contributed by atoms with E-state index in [4.69, 9.17) is 9.52 Å². The van der Waals surface area contributed by atoms with Gasteiger partial charge in [0.15, 0.2) is 0 Å². The first kappa shape index (κ1) is 32.1. The first-order valence-electron chi connectivity index (χ1n) is 11.8. The molecule has 0 aliphatic heterocycles. The fourth-order valence-corrected chi connectivity index (χ4v) is 3.49. The summed E-state index contributed by atoms with van der Waals surface area (Å²) in [6.45, 7) is 7.89. The Kier molecular flexibility index (Phi) is 17.4. The summed E-state index contributed by atoms with van der Waals surface area (Å²) in [4.78, 5) is 24.1. The molecule has 0 radical (unpaired) electrons. The number of carbonyl (C=O) groups excluding carboxylic acids is 1.